The van der Waals surface area contributed by atoms with Crippen LogP contribution >= 0.6 is 22.9 Å². The van der Waals surface area contributed by atoms with E-state index >= 15 is 0 Å². The van der Waals surface area contributed by atoms with Gasteiger partial charge in [-0.25, -0.2) is 0 Å². The normalized spacial score (nSPS) is 14.8. The number of halogens is 1. The van der Waals surface area contributed by atoms with E-state index < -0.39 is 0 Å². The Kier molecular flexibility index (Phi) is 4.22. The molecular weight excluding hydrogens is 306 g/mol. The van der Waals surface area contributed by atoms with Crippen molar-refractivity contribution in [3.05, 3.63) is 29.3 Å². The fourth-order valence-corrected chi connectivity index (χ4v) is 3.34. The molecule has 0 spiro atoms. The number of hydrogen-bond donors (Lipinski definition) is 0. The van der Waals surface area contributed by atoms with Crippen LogP contribution in [-0.4, -0.2) is 22.6 Å². The lowest BCUT2D eigenvalue weighted by molar-refractivity contribution is -0.124. The maximum Gasteiger partial charge on any atom is 0.231 e. The third-order valence-electron chi connectivity index (χ3n) is 3.77. The topological polar surface area (TPSA) is 46.1 Å². The van der Waals surface area contributed by atoms with E-state index in [0.717, 1.165) is 29.8 Å². The lowest BCUT2D eigenvalue weighted by Crippen LogP contribution is -2.38. The summed E-state index contributed by atoms with van der Waals surface area (Å²) in [6.07, 6.45) is 3.15. The fraction of sp³-hybridized carbons (Fsp3) is 0.400. The largest absolute Gasteiger partial charge is 0.287 e. The van der Waals surface area contributed by atoms with Gasteiger partial charge in [0, 0.05) is 23.0 Å². The first-order valence-corrected chi connectivity index (χ1v) is 8.29. The van der Waals surface area contributed by atoms with E-state index in [-0.39, 0.29) is 11.8 Å². The van der Waals surface area contributed by atoms with Gasteiger partial charge in [0.2, 0.25) is 11.0 Å². The van der Waals surface area contributed by atoms with Gasteiger partial charge < -0.3 is 0 Å². The Bertz CT molecular complexity index is 637. The molecule has 0 bridgehead atoms. The molecule has 1 aliphatic carbocycles. The quantitative estimate of drug-likeness (QED) is 0.854. The lowest BCUT2D eigenvalue weighted by atomic mass is 9.84. The number of hydrogen-bond acceptors (Lipinski definition) is 4. The third kappa shape index (κ3) is 2.94. The van der Waals surface area contributed by atoms with Gasteiger partial charge in [0.25, 0.3) is 0 Å². The standard InChI is InChI=1S/C15H16ClN3OS/c1-2-19(14(20)11-4-3-5-11)15-18-17-13(21-15)10-6-8-12(16)9-7-10/h6-9,11H,2-5H2,1H3. The number of benzene rings is 1. The average Bonchev–Trinajstić information content (AvgIpc) is 2.88. The predicted molar refractivity (Wildman–Crippen MR) is 85.7 cm³/mol. The van der Waals surface area contributed by atoms with Crippen LogP contribution in [0.5, 0.6) is 0 Å². The van der Waals surface area contributed by atoms with Crippen LogP contribution in [0.2, 0.25) is 5.02 Å². The molecule has 0 N–H and O–H groups in total. The van der Waals surface area contributed by atoms with Crippen molar-refractivity contribution in [1.29, 1.82) is 0 Å². The first-order chi connectivity index (χ1) is 10.2. The average molecular weight is 322 g/mol. The van der Waals surface area contributed by atoms with Crippen LogP contribution in [0, 0.1) is 5.92 Å². The van der Waals surface area contributed by atoms with Crippen LogP contribution in [-0.2, 0) is 4.79 Å². The molecule has 3 rings (SSSR count). The molecule has 4 nitrogen and oxygen atoms in total. The highest BCUT2D eigenvalue weighted by molar-refractivity contribution is 7.18. The summed E-state index contributed by atoms with van der Waals surface area (Å²) in [4.78, 5) is 14.1. The summed E-state index contributed by atoms with van der Waals surface area (Å²) in [5, 5.41) is 10.6. The molecule has 0 saturated heterocycles. The van der Waals surface area contributed by atoms with Gasteiger partial charge in [0.05, 0.1) is 0 Å². The second-order valence-corrected chi connectivity index (χ2v) is 6.50. The van der Waals surface area contributed by atoms with E-state index in [9.17, 15) is 4.79 Å². The Morgan fingerprint density at radius 3 is 2.62 bits per heavy atom. The van der Waals surface area contributed by atoms with Gasteiger partial charge in [-0.2, -0.15) is 0 Å². The number of nitrogens with zero attached hydrogens (tertiary/aromatic N) is 3. The summed E-state index contributed by atoms with van der Waals surface area (Å²) in [5.74, 6) is 0.357. The van der Waals surface area contributed by atoms with Crippen molar-refractivity contribution >= 4 is 34.0 Å². The Hall–Kier alpha value is -1.46. The molecule has 1 saturated carbocycles. The van der Waals surface area contributed by atoms with Gasteiger partial charge in [-0.15, -0.1) is 10.2 Å². The molecule has 0 aliphatic heterocycles. The minimum Gasteiger partial charge on any atom is -0.287 e. The highest BCUT2D eigenvalue weighted by Gasteiger charge is 2.31. The summed E-state index contributed by atoms with van der Waals surface area (Å²) in [7, 11) is 0. The summed E-state index contributed by atoms with van der Waals surface area (Å²) in [5.41, 5.74) is 0.968. The monoisotopic (exact) mass is 321 g/mol. The summed E-state index contributed by atoms with van der Waals surface area (Å²) < 4.78 is 0. The second-order valence-electron chi connectivity index (χ2n) is 5.11. The molecule has 0 unspecified atom stereocenters. The molecule has 1 fully saturated rings. The smallest absolute Gasteiger partial charge is 0.231 e. The van der Waals surface area contributed by atoms with E-state index in [1.807, 2.05) is 31.2 Å². The van der Waals surface area contributed by atoms with Crippen LogP contribution in [0.15, 0.2) is 24.3 Å². The maximum absolute atomic E-state index is 12.4. The van der Waals surface area contributed by atoms with Crippen LogP contribution < -0.4 is 4.90 Å². The van der Waals surface area contributed by atoms with Crippen molar-refractivity contribution in [2.45, 2.75) is 26.2 Å². The first-order valence-electron chi connectivity index (χ1n) is 7.10. The molecule has 110 valence electrons. The summed E-state index contributed by atoms with van der Waals surface area (Å²) >= 11 is 7.34. The van der Waals surface area contributed by atoms with Crippen molar-refractivity contribution in [3.63, 3.8) is 0 Å². The Morgan fingerprint density at radius 2 is 2.05 bits per heavy atom. The molecular formula is C15H16ClN3OS. The number of rotatable bonds is 4. The van der Waals surface area contributed by atoms with Gasteiger partial charge in [-0.1, -0.05) is 41.5 Å². The Balaban J connectivity index is 1.82. The van der Waals surface area contributed by atoms with Crippen molar-refractivity contribution in [2.75, 3.05) is 11.4 Å². The van der Waals surface area contributed by atoms with Crippen molar-refractivity contribution in [2.24, 2.45) is 5.92 Å². The fourth-order valence-electron chi connectivity index (χ4n) is 2.29. The van der Waals surface area contributed by atoms with Crippen LogP contribution in [0.3, 0.4) is 0 Å². The summed E-state index contributed by atoms with van der Waals surface area (Å²) in [6.45, 7) is 2.60. The molecule has 1 amide bonds. The van der Waals surface area contributed by atoms with E-state index in [1.165, 1.54) is 11.3 Å². The number of amides is 1. The summed E-state index contributed by atoms with van der Waals surface area (Å²) in [6, 6.07) is 7.48. The first kappa shape index (κ1) is 14.5. The third-order valence-corrected chi connectivity index (χ3v) is 5.02. The van der Waals surface area contributed by atoms with Crippen LogP contribution in [0.4, 0.5) is 5.13 Å². The van der Waals surface area contributed by atoms with E-state index in [4.69, 9.17) is 11.6 Å². The molecule has 1 heterocycles. The number of aromatic nitrogens is 2. The molecule has 0 radical (unpaired) electrons. The van der Waals surface area contributed by atoms with Gasteiger partial charge in [0.1, 0.15) is 5.01 Å². The number of anilines is 1. The highest BCUT2D eigenvalue weighted by atomic mass is 35.5. The van der Waals surface area contributed by atoms with E-state index in [1.54, 1.807) is 4.90 Å². The predicted octanol–water partition coefficient (Wildman–Crippen LogP) is 4.01. The minimum absolute atomic E-state index is 0.174. The molecule has 1 aromatic carbocycles. The zero-order chi connectivity index (χ0) is 14.8. The van der Waals surface area contributed by atoms with Gasteiger partial charge in [0.15, 0.2) is 0 Å². The lowest BCUT2D eigenvalue weighted by Gasteiger charge is -2.29. The van der Waals surface area contributed by atoms with Gasteiger partial charge in [-0.05, 0) is 31.9 Å². The van der Waals surface area contributed by atoms with Crippen molar-refractivity contribution in [1.82, 2.24) is 10.2 Å². The zero-order valence-corrected chi connectivity index (χ0v) is 13.3. The zero-order valence-electron chi connectivity index (χ0n) is 11.8. The SMILES string of the molecule is CCN(C(=O)C1CCC1)c1nnc(-c2ccc(Cl)cc2)s1. The van der Waals surface area contributed by atoms with Gasteiger partial charge >= 0.3 is 0 Å². The highest BCUT2D eigenvalue weighted by Crippen LogP contribution is 2.33. The number of carbonyl (C=O) groups is 1. The molecule has 6 heteroatoms. The van der Waals surface area contributed by atoms with E-state index in [2.05, 4.69) is 10.2 Å². The van der Waals surface area contributed by atoms with Crippen molar-refractivity contribution in [3.8, 4) is 10.6 Å². The molecule has 0 atom stereocenters. The van der Waals surface area contributed by atoms with E-state index in [0.29, 0.717) is 16.7 Å². The second kappa shape index (κ2) is 6.12. The molecule has 21 heavy (non-hydrogen) atoms. The van der Waals surface area contributed by atoms with Crippen LogP contribution in [0.1, 0.15) is 26.2 Å². The van der Waals surface area contributed by atoms with Gasteiger partial charge in [-0.3, -0.25) is 9.69 Å². The van der Waals surface area contributed by atoms with Crippen molar-refractivity contribution < 1.29 is 4.79 Å². The minimum atomic E-state index is 0.174. The molecule has 1 aliphatic rings. The van der Waals surface area contributed by atoms with Crippen LogP contribution in [0.25, 0.3) is 10.6 Å². The maximum atomic E-state index is 12.4. The Labute approximate surface area is 132 Å². The molecule has 2 aromatic rings. The Morgan fingerprint density at radius 1 is 1.33 bits per heavy atom. The number of carbonyl (C=O) groups excluding carboxylic acids is 1. The molecule has 1 aromatic heterocycles.